The van der Waals surface area contributed by atoms with Gasteiger partial charge in [0.05, 0.1) is 18.7 Å². The van der Waals surface area contributed by atoms with E-state index < -0.39 is 11.2 Å². The number of hydrogen-bond acceptors (Lipinski definition) is 6. The van der Waals surface area contributed by atoms with Gasteiger partial charge in [-0.25, -0.2) is 0 Å². The van der Waals surface area contributed by atoms with E-state index in [2.05, 4.69) is 15.5 Å². The molecule has 8 heteroatoms. The Morgan fingerprint density at radius 2 is 2.09 bits per heavy atom. The smallest absolute Gasteiger partial charge is 0.305 e. The van der Waals surface area contributed by atoms with E-state index in [1.165, 1.54) is 0 Å². The van der Waals surface area contributed by atoms with E-state index in [1.807, 2.05) is 31.2 Å². The number of amides is 1. The number of carbonyl (C=O) groups is 2. The predicted molar refractivity (Wildman–Crippen MR) is 89.0 cm³/mol. The van der Waals surface area contributed by atoms with Gasteiger partial charge in [-0.1, -0.05) is 11.8 Å². The molecule has 0 bridgehead atoms. The predicted octanol–water partition coefficient (Wildman–Crippen LogP) is 1.87. The van der Waals surface area contributed by atoms with Gasteiger partial charge in [0.15, 0.2) is 5.17 Å². The van der Waals surface area contributed by atoms with Gasteiger partial charge in [-0.05, 0) is 43.7 Å². The van der Waals surface area contributed by atoms with Crippen LogP contribution in [0, 0.1) is 0 Å². The Morgan fingerprint density at radius 1 is 1.39 bits per heavy atom. The standard InChI is InChI=1S/C15H17N3O4S/c1-3-22-11-6-4-10(5-7-11)9(2)17-18-15-16-14(21)12(23-15)8-13(19)20/h4-7,12H,3,8H2,1-2H3,(H,19,20)(H,16,18,21)/b17-9-. The number of nitrogens with zero attached hydrogens (tertiary/aromatic N) is 2. The number of thioether (sulfide) groups is 1. The number of amidine groups is 1. The van der Waals surface area contributed by atoms with Crippen LogP contribution in [-0.4, -0.2) is 39.7 Å². The highest BCUT2D eigenvalue weighted by Gasteiger charge is 2.32. The molecular formula is C15H17N3O4S. The first-order valence-corrected chi connectivity index (χ1v) is 7.92. The third-order valence-corrected chi connectivity index (χ3v) is 4.08. The normalized spacial score (nSPS) is 19.7. The number of carboxylic acid groups (broad SMARTS) is 1. The number of hydrogen-bond donors (Lipinski definition) is 2. The molecule has 7 nitrogen and oxygen atoms in total. The van der Waals surface area contributed by atoms with Gasteiger partial charge in [0.1, 0.15) is 11.0 Å². The van der Waals surface area contributed by atoms with E-state index in [-0.39, 0.29) is 12.3 Å². The molecular weight excluding hydrogens is 318 g/mol. The molecule has 0 radical (unpaired) electrons. The number of aliphatic carboxylic acids is 1. The Hall–Kier alpha value is -2.35. The molecule has 2 rings (SSSR count). The van der Waals surface area contributed by atoms with E-state index in [0.29, 0.717) is 17.5 Å². The second-order valence-electron chi connectivity index (χ2n) is 4.74. The van der Waals surface area contributed by atoms with Crippen LogP contribution in [0.15, 0.2) is 34.5 Å². The highest BCUT2D eigenvalue weighted by Crippen LogP contribution is 2.22. The van der Waals surface area contributed by atoms with Crippen LogP contribution in [0.5, 0.6) is 5.75 Å². The molecule has 1 aliphatic heterocycles. The molecule has 0 aliphatic carbocycles. The van der Waals surface area contributed by atoms with E-state index in [9.17, 15) is 9.59 Å². The van der Waals surface area contributed by atoms with E-state index in [1.54, 1.807) is 6.92 Å². The van der Waals surface area contributed by atoms with Crippen LogP contribution in [0.25, 0.3) is 0 Å². The van der Waals surface area contributed by atoms with Gasteiger partial charge in [-0.2, -0.15) is 5.10 Å². The van der Waals surface area contributed by atoms with Crippen LogP contribution in [0.2, 0.25) is 0 Å². The van der Waals surface area contributed by atoms with Gasteiger partial charge in [-0.15, -0.1) is 5.10 Å². The van der Waals surface area contributed by atoms with Crippen molar-refractivity contribution < 1.29 is 19.4 Å². The molecule has 1 aromatic rings. The van der Waals surface area contributed by atoms with Crippen LogP contribution in [-0.2, 0) is 9.59 Å². The molecule has 122 valence electrons. The zero-order chi connectivity index (χ0) is 16.8. The summed E-state index contributed by atoms with van der Waals surface area (Å²) in [6.45, 7) is 4.33. The lowest BCUT2D eigenvalue weighted by Gasteiger charge is -2.04. The molecule has 1 fully saturated rings. The summed E-state index contributed by atoms with van der Waals surface area (Å²) in [5.41, 5.74) is 1.56. The number of rotatable bonds is 6. The minimum atomic E-state index is -1.02. The minimum Gasteiger partial charge on any atom is -0.494 e. The second kappa shape index (κ2) is 7.77. The van der Waals surface area contributed by atoms with Crippen molar-refractivity contribution in [1.82, 2.24) is 5.32 Å². The summed E-state index contributed by atoms with van der Waals surface area (Å²) in [6, 6.07) is 7.44. The largest absolute Gasteiger partial charge is 0.494 e. The average Bonchev–Trinajstić information content (AvgIpc) is 2.85. The maximum absolute atomic E-state index is 11.6. The molecule has 1 unspecified atom stereocenters. The maximum atomic E-state index is 11.6. The highest BCUT2D eigenvalue weighted by molar-refractivity contribution is 8.15. The summed E-state index contributed by atoms with van der Waals surface area (Å²) in [5.74, 6) is -0.594. The molecule has 0 spiro atoms. The molecule has 1 aliphatic rings. The Labute approximate surface area is 137 Å². The fraction of sp³-hybridized carbons (Fsp3) is 0.333. The van der Waals surface area contributed by atoms with E-state index >= 15 is 0 Å². The number of carbonyl (C=O) groups excluding carboxylic acids is 1. The van der Waals surface area contributed by atoms with E-state index in [0.717, 1.165) is 23.1 Å². The number of ether oxygens (including phenoxy) is 1. The first-order chi connectivity index (χ1) is 11.0. The Morgan fingerprint density at radius 3 is 2.70 bits per heavy atom. The van der Waals surface area contributed by atoms with Gasteiger partial charge in [0.2, 0.25) is 5.91 Å². The summed E-state index contributed by atoms with van der Waals surface area (Å²) in [7, 11) is 0. The Balaban J connectivity index is 2.03. The van der Waals surface area contributed by atoms with Gasteiger partial charge in [-0.3, -0.25) is 9.59 Å². The number of benzene rings is 1. The topological polar surface area (TPSA) is 100 Å². The van der Waals surface area contributed by atoms with Crippen molar-refractivity contribution in [1.29, 1.82) is 0 Å². The molecule has 1 amide bonds. The minimum absolute atomic E-state index is 0.239. The molecule has 1 saturated heterocycles. The van der Waals surface area contributed by atoms with Gasteiger partial charge in [0.25, 0.3) is 0 Å². The zero-order valence-electron chi connectivity index (χ0n) is 12.8. The number of carboxylic acids is 1. The van der Waals surface area contributed by atoms with Gasteiger partial charge < -0.3 is 15.2 Å². The molecule has 0 saturated carbocycles. The molecule has 2 N–H and O–H groups in total. The highest BCUT2D eigenvalue weighted by atomic mass is 32.2. The van der Waals surface area contributed by atoms with Crippen molar-refractivity contribution in [2.45, 2.75) is 25.5 Å². The molecule has 1 aromatic carbocycles. The third-order valence-electron chi connectivity index (χ3n) is 3.01. The summed E-state index contributed by atoms with van der Waals surface area (Å²) >= 11 is 1.07. The summed E-state index contributed by atoms with van der Waals surface area (Å²) in [6.07, 6.45) is -0.239. The first kappa shape index (κ1) is 17.0. The van der Waals surface area contributed by atoms with Crippen molar-refractivity contribution in [3.05, 3.63) is 29.8 Å². The summed E-state index contributed by atoms with van der Waals surface area (Å²) in [4.78, 5) is 22.3. The summed E-state index contributed by atoms with van der Waals surface area (Å²) < 4.78 is 5.37. The number of nitrogens with one attached hydrogen (secondary N) is 1. The third kappa shape index (κ3) is 4.82. The molecule has 1 atom stereocenters. The Kier molecular flexibility index (Phi) is 5.75. The van der Waals surface area contributed by atoms with Crippen LogP contribution < -0.4 is 10.1 Å². The first-order valence-electron chi connectivity index (χ1n) is 7.04. The molecule has 23 heavy (non-hydrogen) atoms. The van der Waals surface area contributed by atoms with Crippen molar-refractivity contribution in [3.63, 3.8) is 0 Å². The van der Waals surface area contributed by atoms with Gasteiger partial charge >= 0.3 is 5.97 Å². The monoisotopic (exact) mass is 335 g/mol. The fourth-order valence-electron chi connectivity index (χ4n) is 1.88. The summed E-state index contributed by atoms with van der Waals surface area (Å²) in [5, 5.41) is 19.0. The van der Waals surface area contributed by atoms with Crippen LogP contribution >= 0.6 is 11.8 Å². The lowest BCUT2D eigenvalue weighted by atomic mass is 10.1. The lowest BCUT2D eigenvalue weighted by Crippen LogP contribution is -2.26. The maximum Gasteiger partial charge on any atom is 0.305 e. The van der Waals surface area contributed by atoms with Crippen LogP contribution in [0.3, 0.4) is 0 Å². The average molecular weight is 335 g/mol. The lowest BCUT2D eigenvalue weighted by molar-refractivity contribution is -0.138. The van der Waals surface area contributed by atoms with Crippen LogP contribution in [0.1, 0.15) is 25.8 Å². The molecule has 1 heterocycles. The SMILES string of the molecule is CCOc1ccc(/C(C)=N\N=C2/NC(=O)C(CC(=O)O)S2)cc1. The van der Waals surface area contributed by atoms with Gasteiger partial charge in [0, 0.05) is 0 Å². The van der Waals surface area contributed by atoms with E-state index in [4.69, 9.17) is 9.84 Å². The molecule has 0 aromatic heterocycles. The Bertz CT molecular complexity index is 655. The van der Waals surface area contributed by atoms with Crippen LogP contribution in [0.4, 0.5) is 0 Å². The van der Waals surface area contributed by atoms with Crippen molar-refractivity contribution in [3.8, 4) is 5.75 Å². The van der Waals surface area contributed by atoms with Crippen molar-refractivity contribution in [2.24, 2.45) is 10.2 Å². The van der Waals surface area contributed by atoms with Crippen molar-refractivity contribution >= 4 is 34.5 Å². The quantitative estimate of drug-likeness (QED) is 0.610. The van der Waals surface area contributed by atoms with Crippen molar-refractivity contribution in [2.75, 3.05) is 6.61 Å². The fourth-order valence-corrected chi connectivity index (χ4v) is 2.79. The second-order valence-corrected chi connectivity index (χ2v) is 5.93. The zero-order valence-corrected chi connectivity index (χ0v) is 13.6.